The minimum absolute atomic E-state index is 0.0965. The fraction of sp³-hybridized carbons (Fsp3) is 0.250. The van der Waals surface area contributed by atoms with Gasteiger partial charge in [-0.1, -0.05) is 11.2 Å². The van der Waals surface area contributed by atoms with Gasteiger partial charge in [-0.2, -0.15) is 4.31 Å². The molecule has 24 heavy (non-hydrogen) atoms. The van der Waals surface area contributed by atoms with E-state index in [1.807, 2.05) is 6.07 Å². The van der Waals surface area contributed by atoms with Gasteiger partial charge in [-0.3, -0.25) is 4.98 Å². The molecule has 126 valence electrons. The molecule has 0 spiro atoms. The summed E-state index contributed by atoms with van der Waals surface area (Å²) in [6.07, 6.45) is 3.11. The van der Waals surface area contributed by atoms with Crippen molar-refractivity contribution in [2.75, 3.05) is 7.05 Å². The summed E-state index contributed by atoms with van der Waals surface area (Å²) < 4.78 is 37.7. The molecule has 0 aliphatic heterocycles. The van der Waals surface area contributed by atoms with Crippen LogP contribution in [0.2, 0.25) is 0 Å². The first-order valence-electron chi connectivity index (χ1n) is 7.31. The molecule has 0 N–H and O–H groups in total. The highest BCUT2D eigenvalue weighted by Crippen LogP contribution is 2.32. The van der Waals surface area contributed by atoms with Crippen molar-refractivity contribution in [1.29, 1.82) is 0 Å². The van der Waals surface area contributed by atoms with Crippen LogP contribution in [0.1, 0.15) is 24.4 Å². The Labute approximate surface area is 140 Å². The quantitative estimate of drug-likeness (QED) is 0.705. The number of pyridine rings is 1. The minimum Gasteiger partial charge on any atom is -0.457 e. The van der Waals surface area contributed by atoms with Crippen molar-refractivity contribution in [1.82, 2.24) is 14.4 Å². The fourth-order valence-corrected chi connectivity index (χ4v) is 3.85. The zero-order chi connectivity index (χ0) is 17.3. The summed E-state index contributed by atoms with van der Waals surface area (Å²) in [6.45, 7) is 3.39. The summed E-state index contributed by atoms with van der Waals surface area (Å²) >= 11 is 0. The fourth-order valence-electron chi connectivity index (χ4n) is 2.36. The van der Waals surface area contributed by atoms with Gasteiger partial charge in [-0.05, 0) is 26.0 Å². The number of hydrogen-bond donors (Lipinski definition) is 0. The van der Waals surface area contributed by atoms with Gasteiger partial charge in [0.2, 0.25) is 15.8 Å². The SMILES string of the molecule is Cc1oc(-c2ccno2)cc1S(=O)(=O)N(C)C(C)c1ccccn1. The summed E-state index contributed by atoms with van der Waals surface area (Å²) in [5.74, 6) is 0.990. The van der Waals surface area contributed by atoms with Gasteiger partial charge in [-0.25, -0.2) is 8.42 Å². The van der Waals surface area contributed by atoms with E-state index in [2.05, 4.69) is 10.1 Å². The van der Waals surface area contributed by atoms with Gasteiger partial charge in [-0.15, -0.1) is 0 Å². The van der Waals surface area contributed by atoms with Crippen LogP contribution in [-0.2, 0) is 10.0 Å². The van der Waals surface area contributed by atoms with E-state index in [0.29, 0.717) is 23.0 Å². The number of sulfonamides is 1. The maximum atomic E-state index is 12.9. The highest BCUT2D eigenvalue weighted by molar-refractivity contribution is 7.89. The summed E-state index contributed by atoms with van der Waals surface area (Å²) in [7, 11) is -2.23. The Kier molecular flexibility index (Phi) is 4.25. The second kappa shape index (κ2) is 6.21. The van der Waals surface area contributed by atoms with Crippen molar-refractivity contribution in [2.45, 2.75) is 24.8 Å². The number of rotatable bonds is 5. The molecule has 7 nitrogen and oxygen atoms in total. The smallest absolute Gasteiger partial charge is 0.246 e. The van der Waals surface area contributed by atoms with Crippen molar-refractivity contribution in [2.24, 2.45) is 0 Å². The first kappa shape index (κ1) is 16.4. The summed E-state index contributed by atoms with van der Waals surface area (Å²) in [6, 6.07) is 8.04. The van der Waals surface area contributed by atoms with Crippen molar-refractivity contribution >= 4 is 10.0 Å². The molecule has 0 amide bonds. The van der Waals surface area contributed by atoms with Crippen LogP contribution < -0.4 is 0 Å². The monoisotopic (exact) mass is 347 g/mol. The topological polar surface area (TPSA) is 89.4 Å². The van der Waals surface area contributed by atoms with Crippen LogP contribution in [0.25, 0.3) is 11.5 Å². The average Bonchev–Trinajstić information content (AvgIpc) is 3.23. The van der Waals surface area contributed by atoms with Crippen molar-refractivity contribution in [3.63, 3.8) is 0 Å². The Balaban J connectivity index is 1.96. The van der Waals surface area contributed by atoms with Crippen LogP contribution in [-0.4, -0.2) is 29.9 Å². The molecule has 8 heteroatoms. The Morgan fingerprint density at radius 3 is 2.58 bits per heavy atom. The van der Waals surface area contributed by atoms with Crippen LogP contribution in [0.5, 0.6) is 0 Å². The maximum Gasteiger partial charge on any atom is 0.246 e. The van der Waals surface area contributed by atoms with E-state index < -0.39 is 16.1 Å². The van der Waals surface area contributed by atoms with Crippen LogP contribution in [0.15, 0.2) is 56.6 Å². The van der Waals surface area contributed by atoms with Crippen molar-refractivity contribution < 1.29 is 17.4 Å². The Morgan fingerprint density at radius 2 is 1.96 bits per heavy atom. The first-order chi connectivity index (χ1) is 11.4. The molecule has 1 atom stereocenters. The lowest BCUT2D eigenvalue weighted by atomic mass is 10.2. The van der Waals surface area contributed by atoms with E-state index in [-0.39, 0.29) is 4.90 Å². The van der Waals surface area contributed by atoms with Crippen molar-refractivity contribution in [3.05, 3.63) is 54.2 Å². The standard InChI is InChI=1S/C16H17N3O4S/c1-11(13-6-4-5-8-17-13)19(3)24(20,21)16-10-15(22-12(16)2)14-7-9-18-23-14/h4-11H,1-3H3. The van der Waals surface area contributed by atoms with Crippen LogP contribution in [0, 0.1) is 6.92 Å². The van der Waals surface area contributed by atoms with E-state index in [0.717, 1.165) is 0 Å². The first-order valence-corrected chi connectivity index (χ1v) is 8.75. The predicted molar refractivity (Wildman–Crippen MR) is 86.5 cm³/mol. The Bertz CT molecular complexity index is 918. The number of aromatic nitrogens is 2. The van der Waals surface area contributed by atoms with Gasteiger partial charge in [0.05, 0.1) is 17.9 Å². The summed E-state index contributed by atoms with van der Waals surface area (Å²) in [4.78, 5) is 4.32. The molecular formula is C16H17N3O4S. The summed E-state index contributed by atoms with van der Waals surface area (Å²) in [5, 5.41) is 3.60. The molecule has 0 bridgehead atoms. The van der Waals surface area contributed by atoms with E-state index >= 15 is 0 Å². The number of furan rings is 1. The number of hydrogen-bond acceptors (Lipinski definition) is 6. The molecular weight excluding hydrogens is 330 g/mol. The normalized spacial score (nSPS) is 13.3. The van der Waals surface area contributed by atoms with Crippen LogP contribution in [0.3, 0.4) is 0 Å². The van der Waals surface area contributed by atoms with Gasteiger partial charge < -0.3 is 8.94 Å². The van der Waals surface area contributed by atoms with Gasteiger partial charge in [0.15, 0.2) is 5.76 Å². The lowest BCUT2D eigenvalue weighted by Crippen LogP contribution is -2.30. The van der Waals surface area contributed by atoms with Crippen LogP contribution in [0.4, 0.5) is 0 Å². The van der Waals surface area contributed by atoms with Crippen molar-refractivity contribution in [3.8, 4) is 11.5 Å². The maximum absolute atomic E-state index is 12.9. The zero-order valence-electron chi connectivity index (χ0n) is 13.5. The summed E-state index contributed by atoms with van der Waals surface area (Å²) in [5.41, 5.74) is 0.667. The third-order valence-corrected chi connectivity index (χ3v) is 5.91. The molecule has 0 saturated carbocycles. The van der Waals surface area contributed by atoms with E-state index in [1.54, 1.807) is 38.2 Å². The molecule has 0 aliphatic rings. The molecule has 3 aromatic rings. The lowest BCUT2D eigenvalue weighted by Gasteiger charge is -2.23. The Hall–Kier alpha value is -2.45. The van der Waals surface area contributed by atoms with Gasteiger partial charge in [0, 0.05) is 25.4 Å². The Morgan fingerprint density at radius 1 is 1.17 bits per heavy atom. The molecule has 0 radical (unpaired) electrons. The molecule has 1 unspecified atom stereocenters. The largest absolute Gasteiger partial charge is 0.457 e. The third kappa shape index (κ3) is 2.85. The highest BCUT2D eigenvalue weighted by atomic mass is 32.2. The molecule has 0 aromatic carbocycles. The zero-order valence-corrected chi connectivity index (χ0v) is 14.3. The van der Waals surface area contributed by atoms with Gasteiger partial charge in [0.25, 0.3) is 0 Å². The average molecular weight is 347 g/mol. The molecule has 3 rings (SSSR count). The molecule has 0 fully saturated rings. The molecule has 3 aromatic heterocycles. The molecule has 3 heterocycles. The van der Waals surface area contributed by atoms with Gasteiger partial charge in [0.1, 0.15) is 10.7 Å². The minimum atomic E-state index is -3.75. The van der Waals surface area contributed by atoms with E-state index in [4.69, 9.17) is 8.94 Å². The lowest BCUT2D eigenvalue weighted by molar-refractivity contribution is 0.390. The predicted octanol–water partition coefficient (Wildman–Crippen LogP) is 3.02. The van der Waals surface area contributed by atoms with Crippen LogP contribution >= 0.6 is 0 Å². The second-order valence-electron chi connectivity index (χ2n) is 5.36. The number of nitrogens with zero attached hydrogens (tertiary/aromatic N) is 3. The van der Waals surface area contributed by atoms with Gasteiger partial charge >= 0.3 is 0 Å². The molecule has 0 aliphatic carbocycles. The highest BCUT2D eigenvalue weighted by Gasteiger charge is 2.31. The molecule has 0 saturated heterocycles. The van der Waals surface area contributed by atoms with E-state index in [9.17, 15) is 8.42 Å². The third-order valence-electron chi connectivity index (χ3n) is 3.87. The van der Waals surface area contributed by atoms with E-state index in [1.165, 1.54) is 23.6 Å². The second-order valence-corrected chi connectivity index (χ2v) is 7.33. The number of aryl methyl sites for hydroxylation is 1.